The molecule has 0 fully saturated rings. The van der Waals surface area contributed by atoms with Crippen molar-refractivity contribution in [3.05, 3.63) is 77.9 Å². The van der Waals surface area contributed by atoms with Gasteiger partial charge in [-0.05, 0) is 30.3 Å². The van der Waals surface area contributed by atoms with Gasteiger partial charge in [0.05, 0.1) is 17.6 Å². The zero-order valence-electron chi connectivity index (χ0n) is 15.2. The van der Waals surface area contributed by atoms with Gasteiger partial charge in [0.1, 0.15) is 17.6 Å². The molecule has 146 valence electrons. The fourth-order valence-electron chi connectivity index (χ4n) is 2.82. The van der Waals surface area contributed by atoms with E-state index in [0.29, 0.717) is 17.1 Å². The number of methoxy groups -OCH3 is 1. The van der Waals surface area contributed by atoms with Crippen LogP contribution in [-0.2, 0) is 17.1 Å². The summed E-state index contributed by atoms with van der Waals surface area (Å²) in [6.45, 7) is 0. The summed E-state index contributed by atoms with van der Waals surface area (Å²) in [5.41, 5.74) is 0.606. The molecule has 0 spiro atoms. The molecule has 28 heavy (non-hydrogen) atoms. The molecule has 0 aliphatic carbocycles. The number of hydrogen-bond donors (Lipinski definition) is 2. The molecule has 2 aromatic carbocycles. The molecular formula is C19H19N3O5S. The number of ether oxygens (including phenoxy) is 1. The van der Waals surface area contributed by atoms with E-state index in [-0.39, 0.29) is 10.5 Å². The average Bonchev–Trinajstić information content (AvgIpc) is 3.12. The summed E-state index contributed by atoms with van der Waals surface area (Å²) in [4.78, 5) is 15.2. The number of hydrogen-bond acceptors (Lipinski definition) is 5. The molecule has 0 unspecified atom stereocenters. The van der Waals surface area contributed by atoms with Crippen LogP contribution in [0.4, 0.5) is 0 Å². The van der Waals surface area contributed by atoms with Gasteiger partial charge in [-0.1, -0.05) is 18.2 Å². The standard InChI is InChI=1S/C19H19N3O5S/c1-22-12-11-20-18(22)17(15-5-3-4-6-16(15)27-2)21-28(25,26)14-9-7-13(8-10-14)19(23)24/h3-12,17,21H,1-2H3,(H,23,24)/t17-/m0/s1. The minimum atomic E-state index is -3.97. The maximum atomic E-state index is 13.0. The van der Waals surface area contributed by atoms with E-state index in [1.807, 2.05) is 0 Å². The number of nitrogens with zero attached hydrogens (tertiary/aromatic N) is 2. The van der Waals surface area contributed by atoms with Crippen molar-refractivity contribution in [1.82, 2.24) is 14.3 Å². The molecule has 3 aromatic rings. The molecule has 1 heterocycles. The first-order chi connectivity index (χ1) is 13.3. The van der Waals surface area contributed by atoms with Crippen LogP contribution >= 0.6 is 0 Å². The Hall–Kier alpha value is -3.17. The molecule has 0 radical (unpaired) electrons. The lowest BCUT2D eigenvalue weighted by atomic mass is 10.1. The van der Waals surface area contributed by atoms with E-state index in [4.69, 9.17) is 9.84 Å². The smallest absolute Gasteiger partial charge is 0.335 e. The summed E-state index contributed by atoms with van der Waals surface area (Å²) in [7, 11) is -0.698. The number of nitrogens with one attached hydrogen (secondary N) is 1. The van der Waals surface area contributed by atoms with Gasteiger partial charge in [0.2, 0.25) is 10.0 Å². The lowest BCUT2D eigenvalue weighted by molar-refractivity contribution is 0.0696. The Bertz CT molecular complexity index is 1090. The largest absolute Gasteiger partial charge is 0.496 e. The Labute approximate surface area is 162 Å². The van der Waals surface area contributed by atoms with E-state index in [1.165, 1.54) is 31.4 Å². The quantitative estimate of drug-likeness (QED) is 0.628. The Kier molecular flexibility index (Phi) is 5.48. The first-order valence-corrected chi connectivity index (χ1v) is 9.77. The van der Waals surface area contributed by atoms with E-state index in [0.717, 1.165) is 0 Å². The number of carboxylic acids is 1. The second-order valence-electron chi connectivity index (χ2n) is 6.02. The first kappa shape index (κ1) is 19.6. The molecule has 9 heteroatoms. The topological polar surface area (TPSA) is 111 Å². The second-order valence-corrected chi connectivity index (χ2v) is 7.74. The summed E-state index contributed by atoms with van der Waals surface area (Å²) in [6, 6.07) is 11.3. The van der Waals surface area contributed by atoms with E-state index < -0.39 is 22.0 Å². The maximum Gasteiger partial charge on any atom is 0.335 e. The highest BCUT2D eigenvalue weighted by molar-refractivity contribution is 7.89. The number of aromatic carboxylic acids is 1. The maximum absolute atomic E-state index is 13.0. The third kappa shape index (κ3) is 3.90. The summed E-state index contributed by atoms with van der Waals surface area (Å²) in [5.74, 6) is -0.133. The van der Waals surface area contributed by atoms with Crippen LogP contribution in [0, 0.1) is 0 Å². The minimum absolute atomic E-state index is 0.00401. The van der Waals surface area contributed by atoms with Crippen LogP contribution in [0.5, 0.6) is 5.75 Å². The molecule has 2 N–H and O–H groups in total. The summed E-state index contributed by atoms with van der Waals surface area (Å²) < 4.78 is 35.7. The molecule has 1 atom stereocenters. The van der Waals surface area contributed by atoms with E-state index in [2.05, 4.69) is 9.71 Å². The lowest BCUT2D eigenvalue weighted by Gasteiger charge is -2.21. The highest BCUT2D eigenvalue weighted by Crippen LogP contribution is 2.30. The van der Waals surface area contributed by atoms with Crippen molar-refractivity contribution in [1.29, 1.82) is 0 Å². The van der Waals surface area contributed by atoms with Gasteiger partial charge in [-0.3, -0.25) is 0 Å². The number of carbonyl (C=O) groups is 1. The Balaban J connectivity index is 2.04. The van der Waals surface area contributed by atoms with Crippen LogP contribution in [0.1, 0.15) is 27.8 Å². The number of benzene rings is 2. The fourth-order valence-corrected chi connectivity index (χ4v) is 3.99. The number of imidazole rings is 1. The molecule has 0 saturated carbocycles. The molecule has 0 aliphatic rings. The second kappa shape index (κ2) is 7.83. The van der Waals surface area contributed by atoms with Gasteiger partial charge < -0.3 is 14.4 Å². The van der Waals surface area contributed by atoms with Crippen LogP contribution in [0.2, 0.25) is 0 Å². The Morgan fingerprint density at radius 1 is 1.18 bits per heavy atom. The van der Waals surface area contributed by atoms with Crippen molar-refractivity contribution >= 4 is 16.0 Å². The van der Waals surface area contributed by atoms with Crippen molar-refractivity contribution in [2.75, 3.05) is 7.11 Å². The van der Waals surface area contributed by atoms with E-state index in [1.54, 1.807) is 48.3 Å². The predicted octanol–water partition coefficient (Wildman–Crippen LogP) is 2.19. The molecule has 0 saturated heterocycles. The normalized spacial score (nSPS) is 12.5. The van der Waals surface area contributed by atoms with Crippen LogP contribution < -0.4 is 9.46 Å². The van der Waals surface area contributed by atoms with E-state index >= 15 is 0 Å². The first-order valence-electron chi connectivity index (χ1n) is 8.29. The number of sulfonamides is 1. The molecule has 0 amide bonds. The third-order valence-corrected chi connectivity index (χ3v) is 5.69. The highest BCUT2D eigenvalue weighted by atomic mass is 32.2. The minimum Gasteiger partial charge on any atom is -0.496 e. The molecule has 0 bridgehead atoms. The summed E-state index contributed by atoms with van der Waals surface area (Å²) in [6.07, 6.45) is 3.29. The van der Waals surface area contributed by atoms with Crippen molar-refractivity contribution in [2.45, 2.75) is 10.9 Å². The molecular weight excluding hydrogens is 382 g/mol. The summed E-state index contributed by atoms with van der Waals surface area (Å²) >= 11 is 0. The van der Waals surface area contributed by atoms with Gasteiger partial charge >= 0.3 is 5.97 Å². The zero-order chi connectivity index (χ0) is 20.3. The van der Waals surface area contributed by atoms with Crippen molar-refractivity contribution < 1.29 is 23.1 Å². The third-order valence-electron chi connectivity index (χ3n) is 4.25. The fraction of sp³-hybridized carbons (Fsp3) is 0.158. The SMILES string of the molecule is COc1ccccc1[C@H](NS(=O)(=O)c1ccc(C(=O)O)cc1)c1nccn1C. The number of carboxylic acid groups (broad SMARTS) is 1. The van der Waals surface area contributed by atoms with Crippen LogP contribution in [0.25, 0.3) is 0 Å². The number of para-hydroxylation sites is 1. The number of aromatic nitrogens is 2. The number of rotatable bonds is 7. The molecule has 0 aliphatic heterocycles. The van der Waals surface area contributed by atoms with Gasteiger partial charge in [-0.2, -0.15) is 4.72 Å². The lowest BCUT2D eigenvalue weighted by Crippen LogP contribution is -2.31. The monoisotopic (exact) mass is 401 g/mol. The van der Waals surface area contributed by atoms with Gasteiger partial charge in [0, 0.05) is 25.0 Å². The molecule has 3 rings (SSSR count). The average molecular weight is 401 g/mol. The van der Waals surface area contributed by atoms with Crippen molar-refractivity contribution in [3.63, 3.8) is 0 Å². The van der Waals surface area contributed by atoms with Gasteiger partial charge in [0.15, 0.2) is 0 Å². The van der Waals surface area contributed by atoms with Crippen LogP contribution in [-0.4, -0.2) is 36.2 Å². The van der Waals surface area contributed by atoms with Gasteiger partial charge in [-0.25, -0.2) is 18.2 Å². The van der Waals surface area contributed by atoms with Crippen LogP contribution in [0.3, 0.4) is 0 Å². The highest BCUT2D eigenvalue weighted by Gasteiger charge is 2.28. The molecule has 1 aromatic heterocycles. The van der Waals surface area contributed by atoms with E-state index in [9.17, 15) is 13.2 Å². The Morgan fingerprint density at radius 3 is 2.43 bits per heavy atom. The van der Waals surface area contributed by atoms with Crippen LogP contribution in [0.15, 0.2) is 65.8 Å². The van der Waals surface area contributed by atoms with Crippen molar-refractivity contribution in [3.8, 4) is 5.75 Å². The Morgan fingerprint density at radius 2 is 1.86 bits per heavy atom. The van der Waals surface area contributed by atoms with Gasteiger partial charge in [0.25, 0.3) is 0 Å². The summed E-state index contributed by atoms with van der Waals surface area (Å²) in [5, 5.41) is 9.00. The van der Waals surface area contributed by atoms with Gasteiger partial charge in [-0.15, -0.1) is 0 Å². The number of aryl methyl sites for hydroxylation is 1. The zero-order valence-corrected chi connectivity index (χ0v) is 16.1. The molecule has 8 nitrogen and oxygen atoms in total. The predicted molar refractivity (Wildman–Crippen MR) is 102 cm³/mol. The van der Waals surface area contributed by atoms with Crippen molar-refractivity contribution in [2.24, 2.45) is 7.05 Å².